The molecule has 0 aliphatic heterocycles. The first-order valence-electron chi connectivity index (χ1n) is 12.3. The number of carbonyl (C=O) groups excluding carboxylic acids is 2. The molecule has 2 aromatic rings. The number of hydrogen-bond acceptors (Lipinski definition) is 4. The molecule has 0 heterocycles. The number of fused-ring (bicyclic) bond motifs is 3. The second kappa shape index (κ2) is 10.5. The molecule has 3 N–H and O–H groups in total. The lowest BCUT2D eigenvalue weighted by Crippen LogP contribution is -2.41. The second-order valence-corrected chi connectivity index (χ2v) is 10.5. The van der Waals surface area contributed by atoms with Gasteiger partial charge >= 0.3 is 12.1 Å². The minimum Gasteiger partial charge on any atom is -0.481 e. The molecule has 2 atom stereocenters. The quantitative estimate of drug-likeness (QED) is 0.490. The van der Waals surface area contributed by atoms with E-state index in [1.165, 1.54) is 22.3 Å². The summed E-state index contributed by atoms with van der Waals surface area (Å²) in [5.41, 5.74) is 4.18. The molecule has 7 nitrogen and oxygen atoms in total. The van der Waals surface area contributed by atoms with Crippen molar-refractivity contribution in [1.29, 1.82) is 0 Å². The fraction of sp³-hybridized carbons (Fsp3) is 0.464. The molecule has 2 aliphatic rings. The van der Waals surface area contributed by atoms with Gasteiger partial charge in [-0.3, -0.25) is 9.59 Å². The van der Waals surface area contributed by atoms with Gasteiger partial charge in [-0.15, -0.1) is 0 Å². The Morgan fingerprint density at radius 1 is 0.971 bits per heavy atom. The van der Waals surface area contributed by atoms with Gasteiger partial charge in [-0.05, 0) is 46.4 Å². The molecule has 186 valence electrons. The van der Waals surface area contributed by atoms with Gasteiger partial charge in [0.25, 0.3) is 0 Å². The number of carboxylic acids is 1. The topological polar surface area (TPSA) is 105 Å². The van der Waals surface area contributed by atoms with E-state index in [1.807, 2.05) is 38.1 Å². The SMILES string of the molecule is CC(C)(CNC(=O)[C@H]1CCC[C@H]1CNC(=O)OCC1c2ccccc2-c2ccccc21)CC(=O)O. The highest BCUT2D eigenvalue weighted by Crippen LogP contribution is 2.44. The van der Waals surface area contributed by atoms with Crippen LogP contribution in [0.4, 0.5) is 4.79 Å². The minimum absolute atomic E-state index is 0.00677. The van der Waals surface area contributed by atoms with Crippen molar-refractivity contribution in [1.82, 2.24) is 10.6 Å². The maximum absolute atomic E-state index is 12.8. The van der Waals surface area contributed by atoms with Crippen LogP contribution in [0.25, 0.3) is 11.1 Å². The number of amides is 2. The Labute approximate surface area is 206 Å². The highest BCUT2D eigenvalue weighted by Gasteiger charge is 2.34. The van der Waals surface area contributed by atoms with Gasteiger partial charge in [-0.25, -0.2) is 4.79 Å². The van der Waals surface area contributed by atoms with Crippen LogP contribution in [0.5, 0.6) is 0 Å². The fourth-order valence-corrected chi connectivity index (χ4v) is 5.42. The normalized spacial score (nSPS) is 19.0. The van der Waals surface area contributed by atoms with Crippen molar-refractivity contribution in [2.45, 2.75) is 45.4 Å². The summed E-state index contributed by atoms with van der Waals surface area (Å²) in [4.78, 5) is 36.3. The molecule has 0 radical (unpaired) electrons. The molecule has 0 spiro atoms. The van der Waals surface area contributed by atoms with Crippen LogP contribution in [0.3, 0.4) is 0 Å². The zero-order chi connectivity index (χ0) is 25.0. The van der Waals surface area contributed by atoms with E-state index in [2.05, 4.69) is 34.9 Å². The third-order valence-corrected chi connectivity index (χ3v) is 7.22. The highest BCUT2D eigenvalue weighted by atomic mass is 16.5. The molecule has 1 saturated carbocycles. The van der Waals surface area contributed by atoms with Gasteiger partial charge in [0.1, 0.15) is 6.61 Å². The van der Waals surface area contributed by atoms with E-state index in [9.17, 15) is 14.4 Å². The van der Waals surface area contributed by atoms with Crippen LogP contribution in [0, 0.1) is 17.3 Å². The monoisotopic (exact) mass is 478 g/mol. The maximum Gasteiger partial charge on any atom is 0.407 e. The standard InChI is InChI=1S/C28H34N2O5/c1-28(2,14-25(31)32)17-30-26(33)19-13-7-8-18(19)15-29-27(34)35-16-24-22-11-5-3-9-20(22)21-10-4-6-12-23(21)24/h3-6,9-12,18-19,24H,7-8,13-17H2,1-2H3,(H,29,34)(H,30,33)(H,31,32)/t18-,19-/m0/s1. The first-order valence-corrected chi connectivity index (χ1v) is 12.3. The number of ether oxygens (including phenoxy) is 1. The van der Waals surface area contributed by atoms with Crippen LogP contribution in [0.15, 0.2) is 48.5 Å². The molecule has 0 aromatic heterocycles. The lowest BCUT2D eigenvalue weighted by atomic mass is 9.88. The van der Waals surface area contributed by atoms with Gasteiger partial charge in [0.15, 0.2) is 0 Å². The average molecular weight is 479 g/mol. The minimum atomic E-state index is -0.879. The van der Waals surface area contributed by atoms with E-state index in [1.54, 1.807) is 0 Å². The average Bonchev–Trinajstić information content (AvgIpc) is 3.42. The number of carboxylic acid groups (broad SMARTS) is 1. The Hall–Kier alpha value is -3.35. The smallest absolute Gasteiger partial charge is 0.407 e. The Morgan fingerprint density at radius 3 is 2.23 bits per heavy atom. The predicted octanol–water partition coefficient (Wildman–Crippen LogP) is 4.56. The molecular weight excluding hydrogens is 444 g/mol. The van der Waals surface area contributed by atoms with Crippen molar-refractivity contribution in [3.63, 3.8) is 0 Å². The van der Waals surface area contributed by atoms with Crippen molar-refractivity contribution in [2.24, 2.45) is 17.3 Å². The molecular formula is C28H34N2O5. The third kappa shape index (κ3) is 5.84. The van der Waals surface area contributed by atoms with Gasteiger partial charge in [-0.2, -0.15) is 0 Å². The summed E-state index contributed by atoms with van der Waals surface area (Å²) < 4.78 is 5.62. The Kier molecular flexibility index (Phi) is 7.43. The molecule has 7 heteroatoms. The van der Waals surface area contributed by atoms with E-state index >= 15 is 0 Å². The van der Waals surface area contributed by atoms with Gasteiger partial charge in [0.2, 0.25) is 5.91 Å². The maximum atomic E-state index is 12.8. The first-order chi connectivity index (χ1) is 16.7. The lowest BCUT2D eigenvalue weighted by molar-refractivity contribution is -0.139. The van der Waals surface area contributed by atoms with Crippen LogP contribution >= 0.6 is 0 Å². The van der Waals surface area contributed by atoms with Gasteiger partial charge < -0.3 is 20.5 Å². The van der Waals surface area contributed by atoms with Gasteiger partial charge in [0, 0.05) is 24.9 Å². The summed E-state index contributed by atoms with van der Waals surface area (Å²) in [7, 11) is 0. The molecule has 2 aliphatic carbocycles. The molecule has 2 amide bonds. The third-order valence-electron chi connectivity index (χ3n) is 7.22. The summed E-state index contributed by atoms with van der Waals surface area (Å²) in [5, 5.41) is 14.8. The van der Waals surface area contributed by atoms with Gasteiger partial charge in [-0.1, -0.05) is 68.8 Å². The molecule has 2 aromatic carbocycles. The zero-order valence-electron chi connectivity index (χ0n) is 20.4. The van der Waals surface area contributed by atoms with Crippen LogP contribution in [0.1, 0.15) is 56.6 Å². The summed E-state index contributed by atoms with van der Waals surface area (Å²) in [6, 6.07) is 16.4. The Bertz CT molecular complexity index is 1050. The molecule has 0 bridgehead atoms. The number of carbonyl (C=O) groups is 3. The van der Waals surface area contributed by atoms with E-state index in [0.717, 1.165) is 19.3 Å². The largest absolute Gasteiger partial charge is 0.481 e. The van der Waals surface area contributed by atoms with E-state index < -0.39 is 17.5 Å². The number of aliphatic carboxylic acids is 1. The van der Waals surface area contributed by atoms with E-state index in [-0.39, 0.29) is 36.7 Å². The fourth-order valence-electron chi connectivity index (χ4n) is 5.42. The zero-order valence-corrected chi connectivity index (χ0v) is 20.4. The first kappa shape index (κ1) is 24.8. The van der Waals surface area contributed by atoms with Crippen molar-refractivity contribution < 1.29 is 24.2 Å². The van der Waals surface area contributed by atoms with Crippen molar-refractivity contribution in [3.8, 4) is 11.1 Å². The number of hydrogen-bond donors (Lipinski definition) is 3. The molecule has 0 saturated heterocycles. The summed E-state index contributed by atoms with van der Waals surface area (Å²) in [6.45, 7) is 4.60. The second-order valence-electron chi connectivity index (χ2n) is 10.5. The summed E-state index contributed by atoms with van der Waals surface area (Å²) >= 11 is 0. The Morgan fingerprint density at radius 2 is 1.60 bits per heavy atom. The number of alkyl carbamates (subject to hydrolysis) is 1. The van der Waals surface area contributed by atoms with Crippen LogP contribution in [-0.2, 0) is 14.3 Å². The number of rotatable bonds is 9. The Balaban J connectivity index is 1.27. The van der Waals surface area contributed by atoms with E-state index in [0.29, 0.717) is 13.1 Å². The molecule has 0 unspecified atom stereocenters. The molecule has 4 rings (SSSR count). The van der Waals surface area contributed by atoms with Crippen LogP contribution in [-0.4, -0.2) is 42.8 Å². The lowest BCUT2D eigenvalue weighted by Gasteiger charge is -2.25. The number of nitrogens with one attached hydrogen (secondary N) is 2. The van der Waals surface area contributed by atoms with Crippen molar-refractivity contribution in [3.05, 3.63) is 59.7 Å². The molecule has 35 heavy (non-hydrogen) atoms. The van der Waals surface area contributed by atoms with Crippen molar-refractivity contribution >= 4 is 18.0 Å². The predicted molar refractivity (Wildman–Crippen MR) is 133 cm³/mol. The highest BCUT2D eigenvalue weighted by molar-refractivity contribution is 5.80. The van der Waals surface area contributed by atoms with Gasteiger partial charge in [0.05, 0.1) is 6.42 Å². The van der Waals surface area contributed by atoms with Crippen LogP contribution < -0.4 is 10.6 Å². The summed E-state index contributed by atoms with van der Waals surface area (Å²) in [6.07, 6.45) is 2.07. The van der Waals surface area contributed by atoms with Crippen LogP contribution in [0.2, 0.25) is 0 Å². The summed E-state index contributed by atoms with van der Waals surface area (Å²) in [5.74, 6) is -1.09. The number of benzene rings is 2. The van der Waals surface area contributed by atoms with Crippen molar-refractivity contribution in [2.75, 3.05) is 19.7 Å². The van der Waals surface area contributed by atoms with E-state index in [4.69, 9.17) is 9.84 Å². The molecule has 1 fully saturated rings.